The Morgan fingerprint density at radius 3 is 2.00 bits per heavy atom. The number of nitrogens with zero attached hydrogens (tertiary/aromatic N) is 2. The van der Waals surface area contributed by atoms with Crippen molar-refractivity contribution in [1.29, 1.82) is 0 Å². The summed E-state index contributed by atoms with van der Waals surface area (Å²) >= 11 is 0. The lowest BCUT2D eigenvalue weighted by atomic mass is 10.2. The molecular weight excluding hydrogens is 352 g/mol. The minimum Gasteiger partial charge on any atom is -0.490 e. The molecule has 27 heavy (non-hydrogen) atoms. The first-order valence-electron chi connectivity index (χ1n) is 8.35. The molecule has 0 amide bonds. The molecule has 0 aliphatic carbocycles. The molecule has 8 nitrogen and oxygen atoms in total. The van der Waals surface area contributed by atoms with E-state index < -0.39 is 11.6 Å². The molecule has 0 saturated heterocycles. The van der Waals surface area contributed by atoms with E-state index in [0.717, 1.165) is 9.46 Å². The second-order valence-electron chi connectivity index (χ2n) is 6.95. The van der Waals surface area contributed by atoms with E-state index in [1.54, 1.807) is 57.2 Å². The first-order chi connectivity index (χ1) is 12.7. The fraction of sp³-hybridized carbons (Fsp3) is 0.316. The number of carbonyl (C=O) groups is 1. The number of hydrogen-bond donors (Lipinski definition) is 2. The van der Waals surface area contributed by atoms with Gasteiger partial charge in [-0.1, -0.05) is 12.1 Å². The molecular formula is C19H22N2O6+2. The standard InChI is InChI=1S/C19H22N2O6/c1-19(2,3)27-16(22)11-26-15-10-6-8-13-18(15)21(24)12-7-5-9-14(25-4)17(12)20(13)23/h5-10,23-24H,11H2,1-4H3/q+2. The summed E-state index contributed by atoms with van der Waals surface area (Å²) in [7, 11) is 1.47. The number of methoxy groups -OCH3 is 1. The predicted octanol–water partition coefficient (Wildman–Crippen LogP) is 1.77. The Balaban J connectivity index is 2.10. The number of para-hydroxylation sites is 2. The summed E-state index contributed by atoms with van der Waals surface area (Å²) in [6, 6.07) is 9.81. The average molecular weight is 374 g/mol. The molecule has 0 bridgehead atoms. The van der Waals surface area contributed by atoms with Gasteiger partial charge < -0.3 is 14.2 Å². The van der Waals surface area contributed by atoms with Gasteiger partial charge in [-0.15, -0.1) is 0 Å². The number of rotatable bonds is 4. The van der Waals surface area contributed by atoms with Crippen LogP contribution in [0.25, 0.3) is 22.1 Å². The summed E-state index contributed by atoms with van der Waals surface area (Å²) < 4.78 is 17.9. The van der Waals surface area contributed by atoms with E-state index in [0.29, 0.717) is 16.8 Å². The molecule has 1 aromatic heterocycles. The van der Waals surface area contributed by atoms with Crippen LogP contribution >= 0.6 is 0 Å². The van der Waals surface area contributed by atoms with Gasteiger partial charge in [0.15, 0.2) is 6.61 Å². The molecule has 0 aliphatic rings. The van der Waals surface area contributed by atoms with E-state index in [1.165, 1.54) is 7.11 Å². The highest BCUT2D eigenvalue weighted by Crippen LogP contribution is 2.26. The molecule has 0 unspecified atom stereocenters. The fourth-order valence-corrected chi connectivity index (χ4v) is 2.82. The third-order valence-corrected chi connectivity index (χ3v) is 3.82. The third kappa shape index (κ3) is 3.51. The SMILES string of the molecule is COc1cccc2c1[n+](O)c1cccc(OCC(=O)OC(C)(C)C)c1[n+]2O. The first kappa shape index (κ1) is 18.5. The zero-order valence-corrected chi connectivity index (χ0v) is 15.6. The van der Waals surface area contributed by atoms with Crippen molar-refractivity contribution in [3.05, 3.63) is 36.4 Å². The third-order valence-electron chi connectivity index (χ3n) is 3.82. The highest BCUT2D eigenvalue weighted by atomic mass is 16.6. The van der Waals surface area contributed by atoms with Crippen molar-refractivity contribution in [2.45, 2.75) is 26.4 Å². The quantitative estimate of drug-likeness (QED) is 0.313. The fourth-order valence-electron chi connectivity index (χ4n) is 2.82. The number of carbonyl (C=O) groups excluding carboxylic acids is 1. The van der Waals surface area contributed by atoms with Crippen LogP contribution in [0.2, 0.25) is 0 Å². The van der Waals surface area contributed by atoms with Crippen molar-refractivity contribution in [1.82, 2.24) is 0 Å². The normalized spacial score (nSPS) is 11.6. The molecule has 2 N–H and O–H groups in total. The van der Waals surface area contributed by atoms with Crippen molar-refractivity contribution in [3.8, 4) is 11.5 Å². The van der Waals surface area contributed by atoms with Crippen LogP contribution in [-0.4, -0.2) is 35.7 Å². The van der Waals surface area contributed by atoms with Crippen LogP contribution in [0.15, 0.2) is 36.4 Å². The van der Waals surface area contributed by atoms with Crippen LogP contribution in [0.5, 0.6) is 11.5 Å². The van der Waals surface area contributed by atoms with Gasteiger partial charge in [-0.3, -0.25) is 10.4 Å². The second kappa shape index (κ2) is 6.79. The topological polar surface area (TPSA) is 93.0 Å². The van der Waals surface area contributed by atoms with Crippen molar-refractivity contribution < 1.29 is 38.9 Å². The molecule has 0 spiro atoms. The van der Waals surface area contributed by atoms with Gasteiger partial charge in [0, 0.05) is 21.6 Å². The molecule has 0 fully saturated rings. The molecule has 1 heterocycles. The number of hydrogen-bond acceptors (Lipinski definition) is 6. The molecule has 3 aromatic rings. The van der Waals surface area contributed by atoms with Gasteiger partial charge in [-0.25, -0.2) is 4.79 Å². The number of esters is 1. The van der Waals surface area contributed by atoms with Crippen molar-refractivity contribution in [2.75, 3.05) is 13.7 Å². The van der Waals surface area contributed by atoms with Crippen LogP contribution in [-0.2, 0) is 9.53 Å². The predicted molar refractivity (Wildman–Crippen MR) is 94.1 cm³/mol. The van der Waals surface area contributed by atoms with Gasteiger partial charge in [-0.2, -0.15) is 0 Å². The van der Waals surface area contributed by atoms with Gasteiger partial charge >= 0.3 is 28.0 Å². The minimum absolute atomic E-state index is 0.198. The largest absolute Gasteiger partial charge is 0.490 e. The van der Waals surface area contributed by atoms with Gasteiger partial charge in [0.25, 0.3) is 0 Å². The van der Waals surface area contributed by atoms with Crippen LogP contribution in [0.1, 0.15) is 20.8 Å². The zero-order chi connectivity index (χ0) is 19.8. The second-order valence-corrected chi connectivity index (χ2v) is 6.95. The molecule has 0 aliphatic heterocycles. The molecule has 3 rings (SSSR count). The summed E-state index contributed by atoms with van der Waals surface area (Å²) in [4.78, 5) is 11.9. The smallest absolute Gasteiger partial charge is 0.375 e. The number of aromatic nitrogens is 2. The maximum Gasteiger partial charge on any atom is 0.375 e. The Kier molecular flexibility index (Phi) is 4.65. The summed E-state index contributed by atoms with van der Waals surface area (Å²) in [6.45, 7) is 4.95. The highest BCUT2D eigenvalue weighted by molar-refractivity contribution is 5.83. The lowest BCUT2D eigenvalue weighted by Gasteiger charge is -2.19. The van der Waals surface area contributed by atoms with Crippen LogP contribution in [0, 0.1) is 0 Å². The van der Waals surface area contributed by atoms with E-state index in [9.17, 15) is 15.2 Å². The average Bonchev–Trinajstić information content (AvgIpc) is 2.62. The van der Waals surface area contributed by atoms with Crippen LogP contribution in [0.4, 0.5) is 0 Å². The number of ether oxygens (including phenoxy) is 3. The lowest BCUT2D eigenvalue weighted by molar-refractivity contribution is -0.894. The molecule has 0 radical (unpaired) electrons. The molecule has 0 saturated carbocycles. The summed E-state index contributed by atoms with van der Waals surface area (Å²) in [6.07, 6.45) is 0. The van der Waals surface area contributed by atoms with Crippen LogP contribution < -0.4 is 18.9 Å². The summed E-state index contributed by atoms with van der Waals surface area (Å²) in [5.74, 6) is 0.0662. The van der Waals surface area contributed by atoms with Gasteiger partial charge in [0.2, 0.25) is 11.5 Å². The van der Waals surface area contributed by atoms with E-state index in [2.05, 4.69) is 0 Å². The van der Waals surface area contributed by atoms with Gasteiger partial charge in [0.1, 0.15) is 5.60 Å². The zero-order valence-electron chi connectivity index (χ0n) is 15.6. The molecule has 8 heteroatoms. The highest BCUT2D eigenvalue weighted by Gasteiger charge is 2.34. The number of fused-ring (bicyclic) bond motifs is 2. The lowest BCUT2D eigenvalue weighted by Crippen LogP contribution is -2.43. The number of benzene rings is 2. The van der Waals surface area contributed by atoms with Gasteiger partial charge in [0.05, 0.1) is 7.11 Å². The Hall–Kier alpha value is -3.29. The van der Waals surface area contributed by atoms with Crippen LogP contribution in [0.3, 0.4) is 0 Å². The van der Waals surface area contributed by atoms with E-state index >= 15 is 0 Å². The van der Waals surface area contributed by atoms with E-state index in [-0.39, 0.29) is 23.4 Å². The Bertz CT molecular complexity index is 1030. The van der Waals surface area contributed by atoms with Crippen molar-refractivity contribution in [3.63, 3.8) is 0 Å². The molecule has 2 aromatic carbocycles. The maximum absolute atomic E-state index is 11.9. The monoisotopic (exact) mass is 374 g/mol. The van der Waals surface area contributed by atoms with Crippen molar-refractivity contribution >= 4 is 28.0 Å². The Morgan fingerprint density at radius 1 is 0.963 bits per heavy atom. The maximum atomic E-state index is 11.9. The Labute approximate surface area is 155 Å². The summed E-state index contributed by atoms with van der Waals surface area (Å²) in [5.41, 5.74) is 0.439. The minimum atomic E-state index is -0.628. The van der Waals surface area contributed by atoms with E-state index in [4.69, 9.17) is 14.2 Å². The molecule has 142 valence electrons. The van der Waals surface area contributed by atoms with Crippen molar-refractivity contribution in [2.24, 2.45) is 0 Å². The molecule has 0 atom stereocenters. The first-order valence-corrected chi connectivity index (χ1v) is 8.35. The Morgan fingerprint density at radius 2 is 1.48 bits per heavy atom. The van der Waals surface area contributed by atoms with E-state index in [1.807, 2.05) is 0 Å². The van der Waals surface area contributed by atoms with Gasteiger partial charge in [-0.05, 0) is 32.9 Å². The summed E-state index contributed by atoms with van der Waals surface area (Å²) in [5, 5.41) is 21.4.